The van der Waals surface area contributed by atoms with Crippen molar-refractivity contribution in [2.75, 3.05) is 7.11 Å². The monoisotopic (exact) mass is 258 g/mol. The lowest BCUT2D eigenvalue weighted by Crippen LogP contribution is -2.19. The molecule has 1 aromatic carbocycles. The van der Waals surface area contributed by atoms with Gasteiger partial charge in [-0.25, -0.2) is 0 Å². The normalized spacial score (nSPS) is 14.7. The van der Waals surface area contributed by atoms with E-state index >= 15 is 0 Å². The third kappa shape index (κ3) is 4.77. The van der Waals surface area contributed by atoms with Crippen LogP contribution < -0.4 is 0 Å². The summed E-state index contributed by atoms with van der Waals surface area (Å²) in [6.45, 7) is 2.18. The predicted octanol–water partition coefficient (Wildman–Crippen LogP) is 4.55. The van der Waals surface area contributed by atoms with Gasteiger partial charge < -0.3 is 4.74 Å². The van der Waals surface area contributed by atoms with Gasteiger partial charge in [-0.15, -0.1) is 11.6 Å². The first-order valence-corrected chi connectivity index (χ1v) is 6.98. The molecular formula is C13H19ClOS. The minimum atomic E-state index is 0.0376. The van der Waals surface area contributed by atoms with E-state index < -0.39 is 0 Å². The van der Waals surface area contributed by atoms with Gasteiger partial charge in [0, 0.05) is 12.0 Å². The van der Waals surface area contributed by atoms with Crippen molar-refractivity contribution in [3.8, 4) is 0 Å². The van der Waals surface area contributed by atoms with E-state index in [0.29, 0.717) is 0 Å². The number of methoxy groups -OCH3 is 1. The van der Waals surface area contributed by atoms with E-state index in [2.05, 4.69) is 19.1 Å². The van der Waals surface area contributed by atoms with Crippen LogP contribution in [0.5, 0.6) is 0 Å². The number of rotatable bonds is 7. The summed E-state index contributed by atoms with van der Waals surface area (Å²) in [6, 6.07) is 10.2. The summed E-state index contributed by atoms with van der Waals surface area (Å²) in [6.07, 6.45) is 3.34. The number of hydrogen-bond acceptors (Lipinski definition) is 2. The fraction of sp³-hybridized carbons (Fsp3) is 0.538. The molecule has 0 aliphatic rings. The molecule has 0 bridgehead atoms. The van der Waals surface area contributed by atoms with Crippen molar-refractivity contribution in [2.24, 2.45) is 0 Å². The highest BCUT2D eigenvalue weighted by atomic mass is 35.5. The fourth-order valence-corrected chi connectivity index (χ4v) is 2.81. The number of ether oxygens (including phenoxy) is 1. The van der Waals surface area contributed by atoms with Crippen molar-refractivity contribution in [1.29, 1.82) is 0 Å². The van der Waals surface area contributed by atoms with Crippen molar-refractivity contribution in [1.82, 2.24) is 0 Å². The molecule has 0 amide bonds. The summed E-state index contributed by atoms with van der Waals surface area (Å²) >= 11 is 8.02. The van der Waals surface area contributed by atoms with E-state index in [9.17, 15) is 0 Å². The van der Waals surface area contributed by atoms with Crippen LogP contribution >= 0.6 is 23.4 Å². The average Bonchev–Trinajstić information content (AvgIpc) is 2.34. The highest BCUT2D eigenvalue weighted by molar-refractivity contribution is 7.99. The van der Waals surface area contributed by atoms with Crippen molar-refractivity contribution in [3.05, 3.63) is 30.3 Å². The van der Waals surface area contributed by atoms with Crippen LogP contribution in [0.2, 0.25) is 0 Å². The number of benzene rings is 1. The molecule has 0 heterocycles. The van der Waals surface area contributed by atoms with Gasteiger partial charge in [0.15, 0.2) is 0 Å². The molecule has 2 unspecified atom stereocenters. The molecule has 1 nitrogen and oxygen atoms in total. The largest absolute Gasteiger partial charge is 0.369 e. The number of hydrogen-bond donors (Lipinski definition) is 0. The van der Waals surface area contributed by atoms with Gasteiger partial charge in [0.05, 0.1) is 5.38 Å². The quantitative estimate of drug-likeness (QED) is 0.403. The lowest BCUT2D eigenvalue weighted by molar-refractivity contribution is 0.166. The fourth-order valence-electron chi connectivity index (χ4n) is 1.44. The van der Waals surface area contributed by atoms with Crippen LogP contribution in [0.4, 0.5) is 0 Å². The van der Waals surface area contributed by atoms with Gasteiger partial charge in [-0.2, -0.15) is 0 Å². The summed E-state index contributed by atoms with van der Waals surface area (Å²) in [7, 11) is 1.72. The topological polar surface area (TPSA) is 9.23 Å². The Labute approximate surface area is 108 Å². The first kappa shape index (κ1) is 13.9. The number of halogens is 1. The summed E-state index contributed by atoms with van der Waals surface area (Å²) in [5.41, 5.74) is 0.0376. The lowest BCUT2D eigenvalue weighted by atomic mass is 10.2. The summed E-state index contributed by atoms with van der Waals surface area (Å²) in [5.74, 6) is 0. The van der Waals surface area contributed by atoms with Crippen LogP contribution in [0.1, 0.15) is 26.2 Å². The molecule has 0 radical (unpaired) electrons. The maximum absolute atomic E-state index is 6.33. The molecule has 2 atom stereocenters. The van der Waals surface area contributed by atoms with Gasteiger partial charge in [-0.3, -0.25) is 0 Å². The zero-order valence-electron chi connectivity index (χ0n) is 9.86. The SMILES string of the molecule is CCCCC(Cl)C(OC)Sc1ccccc1. The zero-order chi connectivity index (χ0) is 11.8. The Balaban J connectivity index is 2.48. The van der Waals surface area contributed by atoms with E-state index in [4.69, 9.17) is 16.3 Å². The lowest BCUT2D eigenvalue weighted by Gasteiger charge is -2.20. The molecular weight excluding hydrogens is 240 g/mol. The molecule has 0 spiro atoms. The number of unbranched alkanes of at least 4 members (excludes halogenated alkanes) is 1. The first-order chi connectivity index (χ1) is 7.77. The van der Waals surface area contributed by atoms with Crippen molar-refractivity contribution in [2.45, 2.75) is 41.9 Å². The Bertz CT molecular complexity index is 279. The second kappa shape index (κ2) is 7.99. The van der Waals surface area contributed by atoms with Crippen LogP contribution in [0.15, 0.2) is 35.2 Å². The molecule has 0 N–H and O–H groups in total. The molecule has 0 fully saturated rings. The minimum Gasteiger partial charge on any atom is -0.369 e. The molecule has 1 rings (SSSR count). The molecule has 0 aliphatic carbocycles. The third-order valence-corrected chi connectivity index (χ3v) is 4.25. The van der Waals surface area contributed by atoms with E-state index in [1.54, 1.807) is 18.9 Å². The Morgan fingerprint density at radius 1 is 1.31 bits per heavy atom. The minimum absolute atomic E-state index is 0.0376. The van der Waals surface area contributed by atoms with Crippen LogP contribution in [-0.4, -0.2) is 17.9 Å². The first-order valence-electron chi connectivity index (χ1n) is 5.66. The highest BCUT2D eigenvalue weighted by Gasteiger charge is 2.19. The molecule has 90 valence electrons. The number of alkyl halides is 1. The summed E-state index contributed by atoms with van der Waals surface area (Å²) < 4.78 is 5.44. The zero-order valence-corrected chi connectivity index (χ0v) is 11.4. The molecule has 0 saturated carbocycles. The van der Waals surface area contributed by atoms with Crippen molar-refractivity contribution < 1.29 is 4.74 Å². The van der Waals surface area contributed by atoms with Gasteiger partial charge in [0.2, 0.25) is 0 Å². The van der Waals surface area contributed by atoms with E-state index in [1.165, 1.54) is 11.3 Å². The number of thioether (sulfide) groups is 1. The van der Waals surface area contributed by atoms with Gasteiger partial charge in [0.25, 0.3) is 0 Å². The average molecular weight is 259 g/mol. The Kier molecular flexibility index (Phi) is 6.93. The van der Waals surface area contributed by atoms with Gasteiger partial charge in [-0.1, -0.05) is 49.7 Å². The van der Waals surface area contributed by atoms with E-state index in [-0.39, 0.29) is 10.8 Å². The third-order valence-electron chi connectivity index (χ3n) is 2.36. The molecule has 0 aromatic heterocycles. The molecule has 0 aliphatic heterocycles. The van der Waals surface area contributed by atoms with Crippen molar-refractivity contribution >= 4 is 23.4 Å². The van der Waals surface area contributed by atoms with Gasteiger partial charge in [0.1, 0.15) is 5.44 Å². The Hall–Kier alpha value is -0.180. The second-order valence-electron chi connectivity index (χ2n) is 3.69. The van der Waals surface area contributed by atoms with Crippen LogP contribution in [0, 0.1) is 0 Å². The maximum Gasteiger partial charge on any atom is 0.123 e. The standard InChI is InChI=1S/C13H19ClOS/c1-3-4-10-12(14)13(15-2)16-11-8-6-5-7-9-11/h5-9,12-13H,3-4,10H2,1-2H3. The summed E-state index contributed by atoms with van der Waals surface area (Å²) in [4.78, 5) is 1.21. The van der Waals surface area contributed by atoms with Gasteiger partial charge >= 0.3 is 0 Å². The summed E-state index contributed by atoms with van der Waals surface area (Å²) in [5, 5.41) is 0.0788. The van der Waals surface area contributed by atoms with Crippen molar-refractivity contribution in [3.63, 3.8) is 0 Å². The van der Waals surface area contributed by atoms with E-state index in [0.717, 1.165) is 12.8 Å². The molecule has 3 heteroatoms. The van der Waals surface area contributed by atoms with Crippen LogP contribution in [0.25, 0.3) is 0 Å². The van der Waals surface area contributed by atoms with Crippen LogP contribution in [-0.2, 0) is 4.74 Å². The predicted molar refractivity (Wildman–Crippen MR) is 72.3 cm³/mol. The van der Waals surface area contributed by atoms with E-state index in [1.807, 2.05) is 18.2 Å². The van der Waals surface area contributed by atoms with Crippen LogP contribution in [0.3, 0.4) is 0 Å². The van der Waals surface area contributed by atoms with Gasteiger partial charge in [-0.05, 0) is 18.6 Å². The molecule has 1 aromatic rings. The Morgan fingerprint density at radius 3 is 2.56 bits per heavy atom. The molecule has 0 saturated heterocycles. The second-order valence-corrected chi connectivity index (χ2v) is 5.43. The maximum atomic E-state index is 6.33. The highest BCUT2D eigenvalue weighted by Crippen LogP contribution is 2.30. The Morgan fingerprint density at radius 2 is 2.00 bits per heavy atom. The smallest absolute Gasteiger partial charge is 0.123 e. The molecule has 16 heavy (non-hydrogen) atoms.